The predicted octanol–water partition coefficient (Wildman–Crippen LogP) is 0.536. The van der Waals surface area contributed by atoms with Crippen LogP contribution in [0.2, 0.25) is 0 Å². The Hall–Kier alpha value is -1.12. The molecule has 1 rings (SSSR count). The summed E-state index contributed by atoms with van der Waals surface area (Å²) < 4.78 is 22.4. The number of esters is 1. The van der Waals surface area contributed by atoms with Crippen LogP contribution < -0.4 is 5.32 Å². The van der Waals surface area contributed by atoms with Crippen LogP contribution in [0.15, 0.2) is 0 Å². The first-order valence-electron chi connectivity index (χ1n) is 8.33. The third kappa shape index (κ3) is 5.75. The molecule has 1 unspecified atom stereocenters. The Morgan fingerprint density at radius 3 is 2.42 bits per heavy atom. The van der Waals surface area contributed by atoms with E-state index in [0.717, 1.165) is 0 Å². The van der Waals surface area contributed by atoms with E-state index in [1.165, 1.54) is 7.05 Å². The van der Waals surface area contributed by atoms with Crippen LogP contribution in [0.1, 0.15) is 40.0 Å². The first-order valence-corrected chi connectivity index (χ1v) is 8.33. The summed E-state index contributed by atoms with van der Waals surface area (Å²) in [6.07, 6.45) is -1.18. The minimum absolute atomic E-state index is 0.00140. The third-order valence-corrected chi connectivity index (χ3v) is 4.26. The third-order valence-electron chi connectivity index (χ3n) is 4.26. The van der Waals surface area contributed by atoms with Gasteiger partial charge in [-0.3, -0.25) is 9.59 Å². The molecule has 0 aliphatic carbocycles. The molecule has 2 radical (unpaired) electrons. The highest BCUT2D eigenvalue weighted by molar-refractivity contribution is 6.11. The maximum atomic E-state index is 12.0. The molecule has 1 N–H and O–H groups in total. The van der Waals surface area contributed by atoms with E-state index >= 15 is 0 Å². The van der Waals surface area contributed by atoms with Crippen molar-refractivity contribution in [2.45, 2.75) is 76.6 Å². The van der Waals surface area contributed by atoms with E-state index in [4.69, 9.17) is 26.8 Å². The lowest BCUT2D eigenvalue weighted by Crippen LogP contribution is -2.43. The van der Waals surface area contributed by atoms with Crippen molar-refractivity contribution >= 4 is 19.7 Å². The van der Waals surface area contributed by atoms with Crippen LogP contribution in [0.25, 0.3) is 0 Å². The highest BCUT2D eigenvalue weighted by atomic mass is 16.6. The summed E-state index contributed by atoms with van der Waals surface area (Å²) in [6.45, 7) is 5.67. The molecule has 1 saturated heterocycles. The average molecular weight is 341 g/mol. The number of rotatable bonds is 9. The molecule has 8 heteroatoms. The Balaban J connectivity index is 2.70. The van der Waals surface area contributed by atoms with Crippen molar-refractivity contribution < 1.29 is 28.5 Å². The van der Waals surface area contributed by atoms with Crippen molar-refractivity contribution in [2.75, 3.05) is 14.2 Å². The fraction of sp³-hybridized carbons (Fsp3) is 0.875. The van der Waals surface area contributed by atoms with Gasteiger partial charge >= 0.3 is 5.97 Å². The summed E-state index contributed by atoms with van der Waals surface area (Å²) in [7, 11) is 9.12. The van der Waals surface area contributed by atoms with Crippen LogP contribution >= 0.6 is 0 Å². The van der Waals surface area contributed by atoms with Crippen molar-refractivity contribution in [1.82, 2.24) is 5.32 Å². The molecule has 6 atom stereocenters. The number of nitrogens with one attached hydrogen (secondary N) is 1. The number of carbonyl (C=O) groups is 2. The average Bonchev–Trinajstić information content (AvgIpc) is 2.87. The van der Waals surface area contributed by atoms with Gasteiger partial charge in [0.05, 0.1) is 24.7 Å². The van der Waals surface area contributed by atoms with Gasteiger partial charge in [0, 0.05) is 26.6 Å². The summed E-state index contributed by atoms with van der Waals surface area (Å²) in [5.74, 6) is -0.686. The Morgan fingerprint density at radius 2 is 1.88 bits per heavy atom. The number of carbonyl (C=O) groups excluding carboxylic acids is 2. The molecular weight excluding hydrogens is 313 g/mol. The van der Waals surface area contributed by atoms with E-state index in [1.54, 1.807) is 7.11 Å². The topological polar surface area (TPSA) is 83.1 Å². The lowest BCUT2D eigenvalue weighted by atomic mass is 9.92. The summed E-state index contributed by atoms with van der Waals surface area (Å²) in [5.41, 5.74) is 0. The molecule has 0 saturated carbocycles. The van der Waals surface area contributed by atoms with Crippen LogP contribution in [0, 0.1) is 0 Å². The van der Waals surface area contributed by atoms with Gasteiger partial charge < -0.3 is 24.3 Å². The molecule has 1 aliphatic heterocycles. The lowest BCUT2D eigenvalue weighted by molar-refractivity contribution is -0.163. The van der Waals surface area contributed by atoms with Crippen molar-refractivity contribution in [3.63, 3.8) is 0 Å². The van der Waals surface area contributed by atoms with E-state index in [9.17, 15) is 9.59 Å². The summed E-state index contributed by atoms with van der Waals surface area (Å²) in [4.78, 5) is 23.3. The Kier molecular flexibility index (Phi) is 8.73. The molecule has 0 aromatic heterocycles. The molecule has 1 heterocycles. The Morgan fingerprint density at radius 1 is 1.21 bits per heavy atom. The summed E-state index contributed by atoms with van der Waals surface area (Å²) in [5, 5.41) is 2.46. The summed E-state index contributed by atoms with van der Waals surface area (Å²) in [6, 6.07) is -0.682. The largest absolute Gasteiger partial charge is 0.457 e. The number of hydrogen-bond donors (Lipinski definition) is 1. The van der Waals surface area contributed by atoms with Crippen molar-refractivity contribution in [3.05, 3.63) is 0 Å². The zero-order valence-corrected chi connectivity index (χ0v) is 15.1. The molecule has 1 amide bonds. The molecule has 0 spiro atoms. The van der Waals surface area contributed by atoms with Gasteiger partial charge in [0.15, 0.2) is 6.10 Å². The second-order valence-corrected chi connectivity index (χ2v) is 5.92. The van der Waals surface area contributed by atoms with Crippen LogP contribution in [0.5, 0.6) is 0 Å². The quantitative estimate of drug-likeness (QED) is 0.487. The van der Waals surface area contributed by atoms with E-state index in [2.05, 4.69) is 5.32 Å². The van der Waals surface area contributed by atoms with E-state index < -0.39 is 24.2 Å². The number of amides is 1. The SMILES string of the molecule is [B][C@@H]1O[C@H](CC)[C@H](OC(=O)CCC(=O)NC)C1O[C@H](C)[C@H](C)OC. The zero-order chi connectivity index (χ0) is 18.3. The number of ether oxygens (including phenoxy) is 4. The van der Waals surface area contributed by atoms with Crippen LogP contribution in [0.3, 0.4) is 0 Å². The van der Waals surface area contributed by atoms with Gasteiger partial charge in [0.25, 0.3) is 0 Å². The van der Waals surface area contributed by atoms with E-state index in [0.29, 0.717) is 6.42 Å². The van der Waals surface area contributed by atoms with Crippen LogP contribution in [-0.4, -0.2) is 70.4 Å². The highest BCUT2D eigenvalue weighted by Crippen LogP contribution is 2.29. The van der Waals surface area contributed by atoms with Gasteiger partial charge in [0.1, 0.15) is 14.0 Å². The van der Waals surface area contributed by atoms with Crippen LogP contribution in [0.4, 0.5) is 0 Å². The van der Waals surface area contributed by atoms with Crippen molar-refractivity contribution in [3.8, 4) is 0 Å². The van der Waals surface area contributed by atoms with Crippen LogP contribution in [-0.2, 0) is 28.5 Å². The maximum absolute atomic E-state index is 12.0. The van der Waals surface area contributed by atoms with Crippen molar-refractivity contribution in [2.24, 2.45) is 0 Å². The minimum Gasteiger partial charge on any atom is -0.457 e. The van der Waals surface area contributed by atoms with Gasteiger partial charge in [0.2, 0.25) is 5.91 Å². The first-order chi connectivity index (χ1) is 11.3. The second kappa shape index (κ2) is 10.0. The molecule has 7 nitrogen and oxygen atoms in total. The number of methoxy groups -OCH3 is 1. The van der Waals surface area contributed by atoms with Gasteiger partial charge in [-0.15, -0.1) is 0 Å². The van der Waals surface area contributed by atoms with Gasteiger partial charge in [-0.05, 0) is 20.3 Å². The fourth-order valence-corrected chi connectivity index (χ4v) is 2.48. The number of hydrogen-bond acceptors (Lipinski definition) is 6. The predicted molar refractivity (Wildman–Crippen MR) is 88.7 cm³/mol. The lowest BCUT2D eigenvalue weighted by Gasteiger charge is -2.29. The smallest absolute Gasteiger partial charge is 0.306 e. The molecule has 136 valence electrons. The molecule has 0 bridgehead atoms. The first kappa shape index (κ1) is 20.9. The van der Waals surface area contributed by atoms with Gasteiger partial charge in [-0.2, -0.15) is 0 Å². The molecule has 24 heavy (non-hydrogen) atoms. The van der Waals surface area contributed by atoms with E-state index in [-0.39, 0.29) is 37.1 Å². The molecule has 0 aromatic rings. The van der Waals surface area contributed by atoms with Crippen molar-refractivity contribution in [1.29, 1.82) is 0 Å². The van der Waals surface area contributed by atoms with E-state index in [1.807, 2.05) is 20.8 Å². The normalized spacial score (nSPS) is 29.0. The maximum Gasteiger partial charge on any atom is 0.306 e. The monoisotopic (exact) mass is 341 g/mol. The van der Waals surface area contributed by atoms with Gasteiger partial charge in [-0.25, -0.2) is 0 Å². The van der Waals surface area contributed by atoms with Gasteiger partial charge in [-0.1, -0.05) is 6.92 Å². The fourth-order valence-electron chi connectivity index (χ4n) is 2.48. The molecular formula is C16H28BNO6. The Labute approximate surface area is 145 Å². The molecule has 1 aliphatic rings. The zero-order valence-electron chi connectivity index (χ0n) is 15.1. The molecule has 0 aromatic carbocycles. The molecule has 1 fully saturated rings. The Bertz CT molecular complexity index is 421. The highest BCUT2D eigenvalue weighted by Gasteiger charge is 2.45. The second-order valence-electron chi connectivity index (χ2n) is 5.92. The summed E-state index contributed by atoms with van der Waals surface area (Å²) >= 11 is 0. The standard InChI is InChI=1S/C16H28BNO6/c1-6-11-14(24-13(20)8-7-12(19)18-4)15(16(17)23-11)22-10(3)9(2)21-5/h9-11,14-16H,6-8H2,1-5H3,(H,18,19)/t9-,10+,11+,14-,15?,16+/m0/s1. The minimum atomic E-state index is -0.682.